The molecule has 1 aliphatic heterocycles. The monoisotopic (exact) mass is 254 g/mol. The fourth-order valence-corrected chi connectivity index (χ4v) is 2.59. The zero-order valence-electron chi connectivity index (χ0n) is 11.3. The predicted octanol–water partition coefficient (Wildman–Crippen LogP) is 2.60. The molecule has 0 unspecified atom stereocenters. The lowest BCUT2D eigenvalue weighted by molar-refractivity contribution is 0.584. The lowest BCUT2D eigenvalue weighted by atomic mass is 9.88. The van der Waals surface area contributed by atoms with Gasteiger partial charge >= 0.3 is 0 Å². The first-order valence-electron chi connectivity index (χ1n) is 6.59. The van der Waals surface area contributed by atoms with Crippen LogP contribution in [0, 0.1) is 0 Å². The van der Waals surface area contributed by atoms with Gasteiger partial charge in [-0.25, -0.2) is 0 Å². The number of hydrogen-bond acceptors (Lipinski definition) is 2. The average molecular weight is 254 g/mol. The van der Waals surface area contributed by atoms with Crippen LogP contribution in [-0.2, 0) is 12.0 Å². The average Bonchev–Trinajstić information content (AvgIpc) is 2.67. The molecule has 0 atom stereocenters. The third kappa shape index (κ3) is 2.16. The molecular formula is C16H18N2O. The molecule has 19 heavy (non-hydrogen) atoms. The van der Waals surface area contributed by atoms with E-state index in [1.807, 2.05) is 36.5 Å². The Morgan fingerprint density at radius 1 is 1.26 bits per heavy atom. The highest BCUT2D eigenvalue weighted by atomic mass is 16.1. The number of aromatic nitrogens is 1. The van der Waals surface area contributed by atoms with E-state index in [-0.39, 0.29) is 11.0 Å². The summed E-state index contributed by atoms with van der Waals surface area (Å²) in [6.07, 6.45) is 1.94. The van der Waals surface area contributed by atoms with E-state index in [9.17, 15) is 4.79 Å². The second-order valence-electron chi connectivity index (χ2n) is 5.79. The summed E-state index contributed by atoms with van der Waals surface area (Å²) in [5.74, 6) is 0. The van der Waals surface area contributed by atoms with Gasteiger partial charge in [0.25, 0.3) is 5.56 Å². The van der Waals surface area contributed by atoms with E-state index in [2.05, 4.69) is 19.2 Å². The molecule has 1 N–H and O–H groups in total. The van der Waals surface area contributed by atoms with Crippen LogP contribution in [0.4, 0.5) is 5.69 Å². The van der Waals surface area contributed by atoms with Crippen molar-refractivity contribution in [2.45, 2.75) is 25.8 Å². The third-order valence-corrected chi connectivity index (χ3v) is 3.77. The van der Waals surface area contributed by atoms with Crippen molar-refractivity contribution < 1.29 is 0 Å². The van der Waals surface area contributed by atoms with Crippen LogP contribution in [0.3, 0.4) is 0 Å². The standard InChI is InChI=1S/C16H18N2O/c1-16(2)11-17-14-10-18(15(19)8-13(14)16)9-12-6-4-3-5-7-12/h3-8,10,17H,9,11H2,1-2H3. The Bertz CT molecular complexity index is 656. The number of nitrogens with zero attached hydrogens (tertiary/aromatic N) is 1. The Morgan fingerprint density at radius 3 is 2.74 bits per heavy atom. The van der Waals surface area contributed by atoms with E-state index in [1.165, 1.54) is 0 Å². The molecule has 0 saturated carbocycles. The predicted molar refractivity (Wildman–Crippen MR) is 77.8 cm³/mol. The molecule has 2 aromatic rings. The molecule has 0 spiro atoms. The lowest BCUT2D eigenvalue weighted by Gasteiger charge is -2.17. The largest absolute Gasteiger partial charge is 0.383 e. The van der Waals surface area contributed by atoms with Crippen LogP contribution in [0.15, 0.2) is 47.4 Å². The first-order chi connectivity index (χ1) is 9.06. The first-order valence-corrected chi connectivity index (χ1v) is 6.59. The summed E-state index contributed by atoms with van der Waals surface area (Å²) in [6, 6.07) is 11.8. The smallest absolute Gasteiger partial charge is 0.251 e. The molecule has 3 rings (SSSR count). The van der Waals surface area contributed by atoms with Crippen molar-refractivity contribution in [2.24, 2.45) is 0 Å². The van der Waals surface area contributed by atoms with Crippen molar-refractivity contribution >= 4 is 5.69 Å². The minimum absolute atomic E-state index is 0.0420. The van der Waals surface area contributed by atoms with Crippen LogP contribution >= 0.6 is 0 Å². The molecular weight excluding hydrogens is 236 g/mol. The van der Waals surface area contributed by atoms with Crippen molar-refractivity contribution in [3.05, 3.63) is 64.1 Å². The van der Waals surface area contributed by atoms with Gasteiger partial charge in [-0.2, -0.15) is 0 Å². The maximum atomic E-state index is 12.2. The molecule has 0 saturated heterocycles. The highest BCUT2D eigenvalue weighted by Gasteiger charge is 2.30. The normalized spacial score (nSPS) is 15.9. The molecule has 98 valence electrons. The number of anilines is 1. The van der Waals surface area contributed by atoms with Crippen LogP contribution in [0.1, 0.15) is 25.0 Å². The Kier molecular flexibility index (Phi) is 2.70. The maximum Gasteiger partial charge on any atom is 0.251 e. The molecule has 3 nitrogen and oxygen atoms in total. The number of hydrogen-bond donors (Lipinski definition) is 1. The van der Waals surface area contributed by atoms with Crippen LogP contribution in [0.2, 0.25) is 0 Å². The van der Waals surface area contributed by atoms with Crippen molar-refractivity contribution in [2.75, 3.05) is 11.9 Å². The van der Waals surface area contributed by atoms with Crippen molar-refractivity contribution in [3.63, 3.8) is 0 Å². The number of rotatable bonds is 2. The molecule has 0 fully saturated rings. The lowest BCUT2D eigenvalue weighted by Crippen LogP contribution is -2.23. The molecule has 2 heterocycles. The number of fused-ring (bicyclic) bond motifs is 1. The number of nitrogens with one attached hydrogen (secondary N) is 1. The van der Waals surface area contributed by atoms with E-state index >= 15 is 0 Å². The van der Waals surface area contributed by atoms with Gasteiger partial charge in [-0.3, -0.25) is 4.79 Å². The van der Waals surface area contributed by atoms with Crippen LogP contribution < -0.4 is 10.9 Å². The van der Waals surface area contributed by atoms with E-state index < -0.39 is 0 Å². The summed E-state index contributed by atoms with van der Waals surface area (Å²) in [5.41, 5.74) is 3.46. The fourth-order valence-electron chi connectivity index (χ4n) is 2.59. The van der Waals surface area contributed by atoms with E-state index in [0.29, 0.717) is 6.54 Å². The molecule has 3 heteroatoms. The van der Waals surface area contributed by atoms with Gasteiger partial charge in [0.15, 0.2) is 0 Å². The second-order valence-corrected chi connectivity index (χ2v) is 5.79. The summed E-state index contributed by atoms with van der Waals surface area (Å²) < 4.78 is 1.77. The second kappa shape index (κ2) is 4.26. The molecule has 1 aliphatic rings. The summed E-state index contributed by atoms with van der Waals surface area (Å²) in [5, 5.41) is 3.38. The number of benzene rings is 1. The van der Waals surface area contributed by atoms with Crippen LogP contribution in [0.25, 0.3) is 0 Å². The third-order valence-electron chi connectivity index (χ3n) is 3.77. The zero-order valence-corrected chi connectivity index (χ0v) is 11.3. The molecule has 0 amide bonds. The Balaban J connectivity index is 1.99. The summed E-state index contributed by atoms with van der Waals surface area (Å²) in [6.45, 7) is 5.83. The van der Waals surface area contributed by atoms with Gasteiger partial charge in [0, 0.05) is 24.2 Å². The van der Waals surface area contributed by atoms with E-state index in [0.717, 1.165) is 23.4 Å². The van der Waals surface area contributed by atoms with Gasteiger partial charge in [-0.1, -0.05) is 44.2 Å². The molecule has 0 radical (unpaired) electrons. The first kappa shape index (κ1) is 12.0. The minimum Gasteiger partial charge on any atom is -0.383 e. The molecule has 0 bridgehead atoms. The zero-order chi connectivity index (χ0) is 13.5. The van der Waals surface area contributed by atoms with Crippen molar-refractivity contribution in [1.29, 1.82) is 0 Å². The topological polar surface area (TPSA) is 34.0 Å². The van der Waals surface area contributed by atoms with E-state index in [4.69, 9.17) is 0 Å². The van der Waals surface area contributed by atoms with Gasteiger partial charge in [0.1, 0.15) is 0 Å². The number of pyridine rings is 1. The molecule has 1 aromatic carbocycles. The van der Waals surface area contributed by atoms with Crippen molar-refractivity contribution in [3.8, 4) is 0 Å². The van der Waals surface area contributed by atoms with Gasteiger partial charge in [-0.15, -0.1) is 0 Å². The molecule has 0 aliphatic carbocycles. The van der Waals surface area contributed by atoms with Crippen LogP contribution in [-0.4, -0.2) is 11.1 Å². The van der Waals surface area contributed by atoms with Gasteiger partial charge in [0.2, 0.25) is 0 Å². The van der Waals surface area contributed by atoms with Crippen LogP contribution in [0.5, 0.6) is 0 Å². The molecule has 1 aromatic heterocycles. The fraction of sp³-hybridized carbons (Fsp3) is 0.312. The Labute approximate surface area is 112 Å². The summed E-state index contributed by atoms with van der Waals surface area (Å²) >= 11 is 0. The highest BCUT2D eigenvalue weighted by Crippen LogP contribution is 2.34. The maximum absolute atomic E-state index is 12.2. The Hall–Kier alpha value is -2.03. The SMILES string of the molecule is CC1(C)CNc2cn(Cc3ccccc3)c(=O)cc21. The minimum atomic E-state index is 0.0420. The van der Waals surface area contributed by atoms with Crippen molar-refractivity contribution in [1.82, 2.24) is 4.57 Å². The van der Waals surface area contributed by atoms with Gasteiger partial charge < -0.3 is 9.88 Å². The van der Waals surface area contributed by atoms with Gasteiger partial charge in [-0.05, 0) is 11.1 Å². The summed E-state index contributed by atoms with van der Waals surface area (Å²) in [4.78, 5) is 12.2. The van der Waals surface area contributed by atoms with Gasteiger partial charge in [0.05, 0.1) is 12.2 Å². The summed E-state index contributed by atoms with van der Waals surface area (Å²) in [7, 11) is 0. The highest BCUT2D eigenvalue weighted by molar-refractivity contribution is 5.58. The van der Waals surface area contributed by atoms with E-state index in [1.54, 1.807) is 10.6 Å². The Morgan fingerprint density at radius 2 is 2.00 bits per heavy atom. The quantitative estimate of drug-likeness (QED) is 0.893.